The summed E-state index contributed by atoms with van der Waals surface area (Å²) in [5.74, 6) is -0.000772. The number of hydrogen-bond donors (Lipinski definition) is 3. The van der Waals surface area contributed by atoms with E-state index in [1.165, 1.54) is 0 Å². The Bertz CT molecular complexity index is 752. The van der Waals surface area contributed by atoms with Gasteiger partial charge in [-0.1, -0.05) is 18.2 Å². The topological polar surface area (TPSA) is 85.2 Å². The second-order valence-corrected chi connectivity index (χ2v) is 6.09. The first-order valence-electron chi connectivity index (χ1n) is 7.95. The molecule has 0 amide bonds. The zero-order valence-electron chi connectivity index (χ0n) is 13.6. The molecule has 3 rings (SSSR count). The van der Waals surface area contributed by atoms with Crippen molar-refractivity contribution in [2.24, 2.45) is 10.2 Å². The molecule has 1 saturated heterocycles. The minimum Gasteiger partial charge on any atom is -0.493 e. The summed E-state index contributed by atoms with van der Waals surface area (Å²) in [6.45, 7) is 7.01. The van der Waals surface area contributed by atoms with Crippen LogP contribution in [0.1, 0.15) is 5.56 Å². The van der Waals surface area contributed by atoms with Crippen molar-refractivity contribution in [3.63, 3.8) is 0 Å². The third-order valence-corrected chi connectivity index (χ3v) is 4.27. The van der Waals surface area contributed by atoms with Crippen LogP contribution in [0.4, 0.5) is 5.69 Å². The normalized spacial score (nSPS) is 16.0. The molecule has 3 N–H and O–H groups in total. The standard InChI is InChI=1S/C16H21N5O2S/c1-11-3-2-4-12-13(11)18-15(22)14(12)19-20-16(24)17-5-6-21-7-9-23-10-8-21/h2-4,18,22H,5-10H2,1H3,(H,17,24). The van der Waals surface area contributed by atoms with Crippen LogP contribution in [0.25, 0.3) is 10.9 Å². The van der Waals surface area contributed by atoms with Gasteiger partial charge in [-0.05, 0) is 24.7 Å². The number of thiocarbonyl (C=S) groups is 1. The SMILES string of the molecule is Cc1cccc2c(N=NC(=S)NCCN3CCOCC3)c(O)[nH]c12. The first kappa shape index (κ1) is 16.8. The maximum absolute atomic E-state index is 10.0. The minimum atomic E-state index is -0.000772. The van der Waals surface area contributed by atoms with Gasteiger partial charge in [0.25, 0.3) is 0 Å². The molecule has 1 aliphatic heterocycles. The van der Waals surface area contributed by atoms with Crippen LogP contribution in [0.3, 0.4) is 0 Å². The van der Waals surface area contributed by atoms with E-state index in [1.54, 1.807) is 0 Å². The number of nitrogens with one attached hydrogen (secondary N) is 2. The highest BCUT2D eigenvalue weighted by Crippen LogP contribution is 2.36. The van der Waals surface area contributed by atoms with E-state index in [2.05, 4.69) is 25.4 Å². The fraction of sp³-hybridized carbons (Fsp3) is 0.438. The van der Waals surface area contributed by atoms with Crippen LogP contribution in [0, 0.1) is 6.92 Å². The van der Waals surface area contributed by atoms with Crippen LogP contribution in [0.5, 0.6) is 5.88 Å². The maximum atomic E-state index is 10.0. The number of H-pyrrole nitrogens is 1. The Kier molecular flexibility index (Phi) is 5.39. The highest BCUT2D eigenvalue weighted by molar-refractivity contribution is 7.80. The summed E-state index contributed by atoms with van der Waals surface area (Å²) < 4.78 is 5.31. The van der Waals surface area contributed by atoms with Gasteiger partial charge in [-0.25, -0.2) is 0 Å². The van der Waals surface area contributed by atoms with Crippen molar-refractivity contribution in [3.8, 4) is 5.88 Å². The van der Waals surface area contributed by atoms with Crippen molar-refractivity contribution in [3.05, 3.63) is 23.8 Å². The number of rotatable bonds is 4. The largest absolute Gasteiger partial charge is 0.493 e. The zero-order valence-corrected chi connectivity index (χ0v) is 14.4. The van der Waals surface area contributed by atoms with Gasteiger partial charge in [-0.3, -0.25) is 4.90 Å². The number of fused-ring (bicyclic) bond motifs is 1. The van der Waals surface area contributed by atoms with Crippen LogP contribution in [-0.2, 0) is 4.74 Å². The van der Waals surface area contributed by atoms with Gasteiger partial charge >= 0.3 is 0 Å². The molecule has 0 radical (unpaired) electrons. The molecular weight excluding hydrogens is 326 g/mol. The molecule has 1 aromatic carbocycles. The predicted molar refractivity (Wildman–Crippen MR) is 97.1 cm³/mol. The van der Waals surface area contributed by atoms with Crippen LogP contribution in [0.15, 0.2) is 28.4 Å². The summed E-state index contributed by atoms with van der Waals surface area (Å²) >= 11 is 5.18. The van der Waals surface area contributed by atoms with Gasteiger partial charge in [-0.15, -0.1) is 10.2 Å². The fourth-order valence-corrected chi connectivity index (χ4v) is 2.86. The second-order valence-electron chi connectivity index (χ2n) is 5.71. The lowest BCUT2D eigenvalue weighted by atomic mass is 10.1. The lowest BCUT2D eigenvalue weighted by molar-refractivity contribution is 0.0389. The number of para-hydroxylation sites is 1. The molecule has 2 heterocycles. The Hall–Kier alpha value is -2.03. The van der Waals surface area contributed by atoms with Crippen molar-refractivity contribution < 1.29 is 9.84 Å². The van der Waals surface area contributed by atoms with Crippen molar-refractivity contribution >= 4 is 33.9 Å². The number of aromatic hydroxyl groups is 1. The molecule has 128 valence electrons. The molecule has 8 heteroatoms. The van der Waals surface area contributed by atoms with E-state index in [9.17, 15) is 5.11 Å². The number of ether oxygens (including phenoxy) is 1. The Morgan fingerprint density at radius 1 is 1.42 bits per heavy atom. The molecule has 0 aliphatic carbocycles. The van der Waals surface area contributed by atoms with Crippen LogP contribution in [0.2, 0.25) is 0 Å². The van der Waals surface area contributed by atoms with Gasteiger partial charge in [0.1, 0.15) is 0 Å². The highest BCUT2D eigenvalue weighted by atomic mass is 32.1. The number of nitrogens with zero attached hydrogens (tertiary/aromatic N) is 3. The summed E-state index contributed by atoms with van der Waals surface area (Å²) in [4.78, 5) is 5.23. The molecule has 24 heavy (non-hydrogen) atoms. The van der Waals surface area contributed by atoms with E-state index in [0.717, 1.165) is 49.3 Å². The van der Waals surface area contributed by atoms with Crippen LogP contribution in [-0.4, -0.2) is 59.5 Å². The van der Waals surface area contributed by atoms with Gasteiger partial charge in [0, 0.05) is 31.6 Å². The van der Waals surface area contributed by atoms with Gasteiger partial charge in [0.15, 0.2) is 5.69 Å². The second kappa shape index (κ2) is 7.69. The molecule has 2 aromatic rings. The summed E-state index contributed by atoms with van der Waals surface area (Å²) in [6.07, 6.45) is 0. The molecule has 1 fully saturated rings. The lowest BCUT2D eigenvalue weighted by Gasteiger charge is -2.26. The minimum absolute atomic E-state index is 0.000772. The molecule has 0 bridgehead atoms. The summed E-state index contributed by atoms with van der Waals surface area (Å²) in [6, 6.07) is 5.78. The number of azo groups is 1. The highest BCUT2D eigenvalue weighted by Gasteiger charge is 2.12. The van der Waals surface area contributed by atoms with Gasteiger partial charge in [-0.2, -0.15) is 0 Å². The molecule has 0 spiro atoms. The van der Waals surface area contributed by atoms with Gasteiger partial charge in [0.05, 0.1) is 18.7 Å². The average Bonchev–Trinajstić information content (AvgIpc) is 2.91. The Morgan fingerprint density at radius 2 is 2.21 bits per heavy atom. The molecule has 0 saturated carbocycles. The fourth-order valence-electron chi connectivity index (χ4n) is 2.71. The van der Waals surface area contributed by atoms with E-state index in [4.69, 9.17) is 17.0 Å². The monoisotopic (exact) mass is 347 g/mol. The lowest BCUT2D eigenvalue weighted by Crippen LogP contribution is -2.40. The number of aryl methyl sites for hydroxylation is 1. The third-order valence-electron chi connectivity index (χ3n) is 4.04. The van der Waals surface area contributed by atoms with E-state index < -0.39 is 0 Å². The maximum Gasteiger partial charge on any atom is 0.218 e. The van der Waals surface area contributed by atoms with E-state index in [0.29, 0.717) is 17.3 Å². The molecule has 7 nitrogen and oxygen atoms in total. The van der Waals surface area contributed by atoms with E-state index in [1.807, 2.05) is 25.1 Å². The van der Waals surface area contributed by atoms with E-state index in [-0.39, 0.29) is 5.88 Å². The van der Waals surface area contributed by atoms with Crippen molar-refractivity contribution in [2.45, 2.75) is 6.92 Å². The zero-order chi connectivity index (χ0) is 16.9. The molecule has 0 unspecified atom stereocenters. The molecule has 1 aromatic heterocycles. The van der Waals surface area contributed by atoms with Crippen molar-refractivity contribution in [2.75, 3.05) is 39.4 Å². The van der Waals surface area contributed by atoms with Crippen LogP contribution < -0.4 is 5.32 Å². The van der Waals surface area contributed by atoms with Crippen molar-refractivity contribution in [1.29, 1.82) is 0 Å². The number of benzene rings is 1. The average molecular weight is 347 g/mol. The number of hydrogen-bond acceptors (Lipinski definition) is 5. The quantitative estimate of drug-likeness (QED) is 0.584. The Balaban J connectivity index is 1.58. The number of morpholine rings is 1. The Morgan fingerprint density at radius 3 is 3.00 bits per heavy atom. The van der Waals surface area contributed by atoms with E-state index >= 15 is 0 Å². The first-order valence-corrected chi connectivity index (χ1v) is 8.36. The first-order chi connectivity index (χ1) is 11.6. The molecule has 1 aliphatic rings. The smallest absolute Gasteiger partial charge is 0.218 e. The summed E-state index contributed by atoms with van der Waals surface area (Å²) in [5, 5.41) is 22.3. The number of aromatic nitrogens is 1. The predicted octanol–water partition coefficient (Wildman–Crippen LogP) is 2.47. The summed E-state index contributed by atoms with van der Waals surface area (Å²) in [5.41, 5.74) is 2.30. The van der Waals surface area contributed by atoms with Gasteiger partial charge in [0.2, 0.25) is 11.0 Å². The molecule has 0 atom stereocenters. The van der Waals surface area contributed by atoms with Crippen molar-refractivity contribution in [1.82, 2.24) is 15.2 Å². The molecular formula is C16H21N5O2S. The van der Waals surface area contributed by atoms with Crippen LogP contribution >= 0.6 is 12.2 Å². The summed E-state index contributed by atoms with van der Waals surface area (Å²) in [7, 11) is 0. The Labute approximate surface area is 145 Å². The van der Waals surface area contributed by atoms with Gasteiger partial charge < -0.3 is 20.1 Å². The number of aromatic amines is 1. The third kappa shape index (κ3) is 3.89.